The number of halogens is 2. The van der Waals surface area contributed by atoms with Crippen molar-refractivity contribution in [3.63, 3.8) is 0 Å². The van der Waals surface area contributed by atoms with Crippen molar-refractivity contribution in [2.24, 2.45) is 14.1 Å². The lowest BCUT2D eigenvalue weighted by molar-refractivity contribution is 0.151. The summed E-state index contributed by atoms with van der Waals surface area (Å²) in [4.78, 5) is 11.2. The molecule has 1 aromatic carbocycles. The summed E-state index contributed by atoms with van der Waals surface area (Å²) in [5, 5.41) is 10.0. The molecule has 0 N–H and O–H groups in total. The molecule has 0 atom stereocenters. The zero-order valence-corrected chi connectivity index (χ0v) is 16.0. The predicted molar refractivity (Wildman–Crippen MR) is 106 cm³/mol. The van der Waals surface area contributed by atoms with E-state index in [1.54, 1.807) is 34.0 Å². The Kier molecular flexibility index (Phi) is 4.04. The molecule has 4 heterocycles. The average molecular weight is 395 g/mol. The summed E-state index contributed by atoms with van der Waals surface area (Å²) in [6.07, 6.45) is 1.96. The molecule has 0 spiro atoms. The Morgan fingerprint density at radius 2 is 1.76 bits per heavy atom. The predicted octanol–water partition coefficient (Wildman–Crippen LogP) is 3.58. The molecule has 148 valence electrons. The summed E-state index contributed by atoms with van der Waals surface area (Å²) in [7, 11) is 3.68. The average Bonchev–Trinajstić information content (AvgIpc) is 3.21. The molecule has 0 aliphatic carbocycles. The van der Waals surface area contributed by atoms with Gasteiger partial charge in [-0.2, -0.15) is 10.2 Å². The smallest absolute Gasteiger partial charge is 0.263 e. The van der Waals surface area contributed by atoms with E-state index in [2.05, 4.69) is 20.0 Å². The summed E-state index contributed by atoms with van der Waals surface area (Å²) in [6.45, 7) is 1.91. The van der Waals surface area contributed by atoms with Crippen molar-refractivity contribution in [3.8, 4) is 22.5 Å². The number of nitrogens with zero attached hydrogens (tertiary/aromatic N) is 7. The minimum atomic E-state index is -2.49. The summed E-state index contributed by atoms with van der Waals surface area (Å²) in [6, 6.07) is 6.28. The van der Waals surface area contributed by atoms with Gasteiger partial charge in [-0.25, -0.2) is 23.4 Å². The van der Waals surface area contributed by atoms with Gasteiger partial charge in [0.05, 0.1) is 17.3 Å². The highest BCUT2D eigenvalue weighted by molar-refractivity contribution is 6.02. The van der Waals surface area contributed by atoms with E-state index in [0.29, 0.717) is 0 Å². The Labute approximate surface area is 165 Å². The van der Waals surface area contributed by atoms with Gasteiger partial charge in [0, 0.05) is 43.9 Å². The van der Waals surface area contributed by atoms with E-state index in [1.807, 2.05) is 14.1 Å². The van der Waals surface area contributed by atoms with Crippen LogP contribution < -0.4 is 4.90 Å². The molecule has 0 radical (unpaired) electrons. The molecule has 0 saturated carbocycles. The Morgan fingerprint density at radius 3 is 2.41 bits per heavy atom. The molecule has 5 rings (SSSR count). The highest BCUT2D eigenvalue weighted by Crippen LogP contribution is 2.39. The Morgan fingerprint density at radius 1 is 1.00 bits per heavy atom. The van der Waals surface area contributed by atoms with Crippen LogP contribution in [0.4, 0.5) is 14.6 Å². The molecule has 0 amide bonds. The number of aromatic nitrogens is 6. The molecule has 1 aliphatic heterocycles. The normalized spacial score (nSPS) is 14.0. The summed E-state index contributed by atoms with van der Waals surface area (Å²) in [5.41, 5.74) is 3.91. The number of hydrogen-bond donors (Lipinski definition) is 0. The quantitative estimate of drug-likeness (QED) is 0.529. The van der Waals surface area contributed by atoms with Crippen molar-refractivity contribution in [2.45, 2.75) is 12.8 Å². The molecule has 1 fully saturated rings. The lowest BCUT2D eigenvalue weighted by Crippen LogP contribution is -2.37. The van der Waals surface area contributed by atoms with Crippen LogP contribution in [0, 0.1) is 0 Å². The van der Waals surface area contributed by atoms with Gasteiger partial charge in [0.2, 0.25) is 0 Å². The number of alkyl halides is 2. The minimum absolute atomic E-state index is 0.00535. The van der Waals surface area contributed by atoms with E-state index in [9.17, 15) is 8.78 Å². The van der Waals surface area contributed by atoms with Gasteiger partial charge in [0.25, 0.3) is 6.43 Å². The first-order valence-electron chi connectivity index (χ1n) is 9.38. The highest BCUT2D eigenvalue weighted by atomic mass is 19.3. The van der Waals surface area contributed by atoms with Crippen LogP contribution in [-0.4, -0.2) is 42.6 Å². The monoisotopic (exact) mass is 395 g/mol. The maximum atomic E-state index is 13.0. The first-order chi connectivity index (χ1) is 14.0. The molecule has 0 unspecified atom stereocenters. The van der Waals surface area contributed by atoms with Crippen LogP contribution in [-0.2, 0) is 14.1 Å². The zero-order valence-electron chi connectivity index (χ0n) is 16.0. The standard InChI is InChI=1S/C20H19F2N7/c1-27-17(12-4-6-13(7-5-12)18(21)22)14(10-25-27)16-15-19(28(2)26-16)23-11-24-20(15)29-8-3-9-29/h4-7,10-11,18H,3,8-9H2,1-2H3. The van der Waals surface area contributed by atoms with Crippen molar-refractivity contribution in [3.05, 3.63) is 42.4 Å². The molecule has 9 heteroatoms. The fraction of sp³-hybridized carbons (Fsp3) is 0.300. The van der Waals surface area contributed by atoms with Crippen LogP contribution in [0.15, 0.2) is 36.8 Å². The van der Waals surface area contributed by atoms with Gasteiger partial charge in [0.15, 0.2) is 5.65 Å². The Bertz CT molecular complexity index is 1190. The Balaban J connectivity index is 1.71. The van der Waals surface area contributed by atoms with E-state index < -0.39 is 6.43 Å². The Hall–Kier alpha value is -3.36. The summed E-state index contributed by atoms with van der Waals surface area (Å²) < 4.78 is 29.4. The van der Waals surface area contributed by atoms with Gasteiger partial charge in [-0.1, -0.05) is 24.3 Å². The minimum Gasteiger partial charge on any atom is -0.356 e. The van der Waals surface area contributed by atoms with Crippen LogP contribution in [0.2, 0.25) is 0 Å². The molecule has 7 nitrogen and oxygen atoms in total. The zero-order chi connectivity index (χ0) is 20.1. The van der Waals surface area contributed by atoms with Crippen molar-refractivity contribution in [1.82, 2.24) is 29.5 Å². The van der Waals surface area contributed by atoms with Crippen molar-refractivity contribution < 1.29 is 8.78 Å². The topological polar surface area (TPSA) is 64.7 Å². The number of anilines is 1. The van der Waals surface area contributed by atoms with E-state index in [1.165, 1.54) is 12.1 Å². The third kappa shape index (κ3) is 2.76. The molecule has 1 aliphatic rings. The highest BCUT2D eigenvalue weighted by Gasteiger charge is 2.26. The fourth-order valence-electron chi connectivity index (χ4n) is 3.77. The molecular weight excluding hydrogens is 376 g/mol. The number of hydrogen-bond acceptors (Lipinski definition) is 5. The van der Waals surface area contributed by atoms with Gasteiger partial charge >= 0.3 is 0 Å². The van der Waals surface area contributed by atoms with Crippen LogP contribution >= 0.6 is 0 Å². The van der Waals surface area contributed by atoms with Crippen LogP contribution in [0.25, 0.3) is 33.5 Å². The van der Waals surface area contributed by atoms with E-state index >= 15 is 0 Å². The lowest BCUT2D eigenvalue weighted by atomic mass is 10.0. The van der Waals surface area contributed by atoms with Gasteiger partial charge < -0.3 is 4.90 Å². The SMILES string of the molecule is Cn1ncc(-c2nn(C)c3ncnc(N4CCC4)c23)c1-c1ccc(C(F)F)cc1. The largest absolute Gasteiger partial charge is 0.356 e. The van der Waals surface area contributed by atoms with Crippen LogP contribution in [0.1, 0.15) is 18.4 Å². The van der Waals surface area contributed by atoms with Crippen LogP contribution in [0.3, 0.4) is 0 Å². The molecule has 3 aromatic heterocycles. The molecular formula is C20H19F2N7. The number of fused-ring (bicyclic) bond motifs is 1. The second-order valence-electron chi connectivity index (χ2n) is 7.16. The van der Waals surface area contributed by atoms with Gasteiger partial charge in [-0.05, 0) is 6.42 Å². The molecule has 4 aromatic rings. The maximum absolute atomic E-state index is 13.0. The molecule has 29 heavy (non-hydrogen) atoms. The summed E-state index contributed by atoms with van der Waals surface area (Å²) >= 11 is 0. The fourth-order valence-corrected chi connectivity index (χ4v) is 3.77. The maximum Gasteiger partial charge on any atom is 0.263 e. The van der Waals surface area contributed by atoms with Gasteiger partial charge in [0.1, 0.15) is 17.8 Å². The van der Waals surface area contributed by atoms with E-state index in [0.717, 1.165) is 58.9 Å². The number of benzene rings is 1. The molecule has 0 bridgehead atoms. The first kappa shape index (κ1) is 17.7. The summed E-state index contributed by atoms with van der Waals surface area (Å²) in [5.74, 6) is 0.868. The second kappa shape index (κ2) is 6.61. The second-order valence-corrected chi connectivity index (χ2v) is 7.16. The third-order valence-electron chi connectivity index (χ3n) is 5.39. The van der Waals surface area contributed by atoms with Crippen LogP contribution in [0.5, 0.6) is 0 Å². The number of aryl methyl sites for hydroxylation is 2. The van der Waals surface area contributed by atoms with Crippen molar-refractivity contribution in [2.75, 3.05) is 18.0 Å². The first-order valence-corrected chi connectivity index (χ1v) is 9.38. The van der Waals surface area contributed by atoms with E-state index in [4.69, 9.17) is 5.10 Å². The van der Waals surface area contributed by atoms with Gasteiger partial charge in [-0.3, -0.25) is 4.68 Å². The van der Waals surface area contributed by atoms with E-state index in [-0.39, 0.29) is 5.56 Å². The number of rotatable bonds is 4. The molecule has 1 saturated heterocycles. The van der Waals surface area contributed by atoms with Crippen molar-refractivity contribution in [1.29, 1.82) is 0 Å². The lowest BCUT2D eigenvalue weighted by Gasteiger charge is -2.32. The van der Waals surface area contributed by atoms with Crippen molar-refractivity contribution >= 4 is 16.9 Å². The third-order valence-corrected chi connectivity index (χ3v) is 5.39. The van der Waals surface area contributed by atoms with Gasteiger partial charge in [-0.15, -0.1) is 0 Å².